The predicted molar refractivity (Wildman–Crippen MR) is 211 cm³/mol. The molecule has 0 aliphatic carbocycles. The van der Waals surface area contributed by atoms with E-state index in [0.717, 1.165) is 27.8 Å². The minimum atomic E-state index is -0.899. The summed E-state index contributed by atoms with van der Waals surface area (Å²) in [5.41, 5.74) is 5.18. The number of hydrogen-bond donors (Lipinski definition) is 0. The van der Waals surface area contributed by atoms with E-state index in [1.54, 1.807) is 7.11 Å². The van der Waals surface area contributed by atoms with Crippen molar-refractivity contribution in [2.75, 3.05) is 13.7 Å². The summed E-state index contributed by atoms with van der Waals surface area (Å²) in [6.45, 7) is 4.05. The van der Waals surface area contributed by atoms with Crippen molar-refractivity contribution < 1.29 is 42.6 Å². The van der Waals surface area contributed by atoms with Gasteiger partial charge in [0.1, 0.15) is 36.6 Å². The van der Waals surface area contributed by atoms with Crippen LogP contribution in [0.15, 0.2) is 152 Å². The van der Waals surface area contributed by atoms with Crippen LogP contribution in [0.1, 0.15) is 34.7 Å². The molecular weight excluding hydrogens is 709 g/mol. The highest BCUT2D eigenvalue weighted by Gasteiger charge is 2.53. The summed E-state index contributed by atoms with van der Waals surface area (Å²) in [6.07, 6.45) is -5.64. The van der Waals surface area contributed by atoms with Gasteiger partial charge in [-0.05, 0) is 34.7 Å². The molecule has 5 aromatic carbocycles. The molecule has 0 saturated carbocycles. The van der Waals surface area contributed by atoms with Crippen molar-refractivity contribution in [3.05, 3.63) is 179 Å². The maximum Gasteiger partial charge on any atom is 0.187 e. The Morgan fingerprint density at radius 1 is 0.411 bits per heavy atom. The lowest BCUT2D eigenvalue weighted by Crippen LogP contribution is -2.61. The van der Waals surface area contributed by atoms with Crippen molar-refractivity contribution in [2.45, 2.75) is 95.3 Å². The molecule has 0 bridgehead atoms. The molecule has 2 aliphatic rings. The maximum absolute atomic E-state index is 7.00. The molecule has 0 radical (unpaired) electrons. The molecule has 56 heavy (non-hydrogen) atoms. The van der Waals surface area contributed by atoms with Gasteiger partial charge >= 0.3 is 0 Å². The molecule has 9 atom stereocenters. The van der Waals surface area contributed by atoms with E-state index < -0.39 is 55.3 Å². The van der Waals surface area contributed by atoms with Crippen LogP contribution in [0.5, 0.6) is 0 Å². The van der Waals surface area contributed by atoms with Crippen molar-refractivity contribution in [2.24, 2.45) is 0 Å². The van der Waals surface area contributed by atoms with E-state index in [2.05, 4.69) is 0 Å². The average molecular weight is 761 g/mol. The summed E-state index contributed by atoms with van der Waals surface area (Å²) in [7, 11) is 1.61. The molecule has 0 spiro atoms. The number of ether oxygens (including phenoxy) is 9. The lowest BCUT2D eigenvalue weighted by atomic mass is 9.98. The first kappa shape index (κ1) is 40.0. The van der Waals surface area contributed by atoms with Crippen LogP contribution in [0.3, 0.4) is 0 Å². The number of methoxy groups -OCH3 is 1. The monoisotopic (exact) mass is 760 g/mol. The van der Waals surface area contributed by atoms with Gasteiger partial charge in [-0.3, -0.25) is 0 Å². The third kappa shape index (κ3) is 11.0. The Bertz CT molecular complexity index is 1820. The molecule has 0 N–H and O–H groups in total. The molecule has 0 amide bonds. The van der Waals surface area contributed by atoms with Crippen LogP contribution >= 0.6 is 0 Å². The fourth-order valence-electron chi connectivity index (χ4n) is 7.13. The lowest BCUT2D eigenvalue weighted by Gasteiger charge is -2.46. The number of hydrogen-bond acceptors (Lipinski definition) is 9. The van der Waals surface area contributed by atoms with E-state index >= 15 is 0 Å². The minimum Gasteiger partial charge on any atom is -0.374 e. The maximum atomic E-state index is 7.00. The zero-order valence-corrected chi connectivity index (χ0v) is 32.0. The zero-order valence-electron chi connectivity index (χ0n) is 32.0. The Hall–Kier alpha value is -4.26. The topological polar surface area (TPSA) is 83.1 Å². The molecule has 9 heteroatoms. The van der Waals surface area contributed by atoms with E-state index in [1.807, 2.05) is 159 Å². The Balaban J connectivity index is 1.16. The van der Waals surface area contributed by atoms with Crippen LogP contribution in [0.25, 0.3) is 0 Å². The first-order chi connectivity index (χ1) is 27.6. The van der Waals surface area contributed by atoms with Gasteiger partial charge in [0.15, 0.2) is 12.6 Å². The van der Waals surface area contributed by atoms with E-state index in [9.17, 15) is 0 Å². The van der Waals surface area contributed by atoms with Gasteiger partial charge in [-0.15, -0.1) is 0 Å². The van der Waals surface area contributed by atoms with E-state index in [1.165, 1.54) is 0 Å². The van der Waals surface area contributed by atoms with E-state index in [-0.39, 0.29) is 6.61 Å². The van der Waals surface area contributed by atoms with Crippen molar-refractivity contribution >= 4 is 0 Å². The Morgan fingerprint density at radius 3 is 1.25 bits per heavy atom. The zero-order chi connectivity index (χ0) is 38.4. The van der Waals surface area contributed by atoms with Gasteiger partial charge in [-0.1, -0.05) is 152 Å². The molecule has 7 rings (SSSR count). The molecule has 2 heterocycles. The van der Waals surface area contributed by atoms with Crippen LogP contribution in [0.4, 0.5) is 0 Å². The van der Waals surface area contributed by atoms with Gasteiger partial charge in [-0.2, -0.15) is 0 Å². The Kier molecular flexibility index (Phi) is 14.8. The van der Waals surface area contributed by atoms with Crippen molar-refractivity contribution in [3.8, 4) is 0 Å². The first-order valence-electron chi connectivity index (χ1n) is 19.4. The fraction of sp³-hybridized carbons (Fsp3) is 0.362. The molecule has 2 saturated heterocycles. The first-order valence-corrected chi connectivity index (χ1v) is 19.4. The lowest BCUT2D eigenvalue weighted by molar-refractivity contribution is -0.340. The average Bonchev–Trinajstić information content (AvgIpc) is 3.58. The SMILES string of the molecule is CO[C@@H]1O[C@H](COCc2ccccc2)[C@@H](OCc2ccccc2)[C@H]1O[C@@H]1O[C@@H](C)[C@H](OCc2ccccc2)[C@@H](OCc2ccccc2)[C@H]1OCc1ccccc1. The summed E-state index contributed by atoms with van der Waals surface area (Å²) in [5.74, 6) is 0. The molecule has 2 aliphatic heterocycles. The van der Waals surface area contributed by atoms with E-state index in [0.29, 0.717) is 33.0 Å². The highest BCUT2D eigenvalue weighted by molar-refractivity contribution is 5.17. The van der Waals surface area contributed by atoms with Crippen molar-refractivity contribution in [3.63, 3.8) is 0 Å². The normalized spacial score (nSPS) is 26.3. The van der Waals surface area contributed by atoms with Crippen LogP contribution in [0.2, 0.25) is 0 Å². The second-order valence-electron chi connectivity index (χ2n) is 14.1. The van der Waals surface area contributed by atoms with Gasteiger partial charge in [0.2, 0.25) is 0 Å². The summed E-state index contributed by atoms with van der Waals surface area (Å²) >= 11 is 0. The summed E-state index contributed by atoms with van der Waals surface area (Å²) in [6, 6.07) is 50.3. The van der Waals surface area contributed by atoms with Crippen LogP contribution in [-0.2, 0) is 75.7 Å². The second kappa shape index (κ2) is 20.8. The van der Waals surface area contributed by atoms with Crippen LogP contribution < -0.4 is 0 Å². The van der Waals surface area contributed by atoms with Gasteiger partial charge in [0, 0.05) is 7.11 Å². The van der Waals surface area contributed by atoms with Crippen molar-refractivity contribution in [1.29, 1.82) is 0 Å². The number of benzene rings is 5. The van der Waals surface area contributed by atoms with Gasteiger partial charge in [0.25, 0.3) is 0 Å². The van der Waals surface area contributed by atoms with Crippen LogP contribution in [-0.4, -0.2) is 69.0 Å². The van der Waals surface area contributed by atoms with Gasteiger partial charge in [-0.25, -0.2) is 0 Å². The summed E-state index contributed by atoms with van der Waals surface area (Å²) < 4.78 is 59.3. The molecule has 0 aromatic heterocycles. The summed E-state index contributed by atoms with van der Waals surface area (Å²) in [5, 5.41) is 0. The predicted octanol–water partition coefficient (Wildman–Crippen LogP) is 8.05. The molecule has 294 valence electrons. The molecule has 9 nitrogen and oxygen atoms in total. The highest BCUT2D eigenvalue weighted by atomic mass is 16.8. The van der Waals surface area contributed by atoms with E-state index in [4.69, 9.17) is 42.6 Å². The third-order valence-corrected chi connectivity index (χ3v) is 10.1. The molecule has 0 unspecified atom stereocenters. The Labute approximate surface area is 330 Å². The molecule has 2 fully saturated rings. The smallest absolute Gasteiger partial charge is 0.187 e. The largest absolute Gasteiger partial charge is 0.374 e. The minimum absolute atomic E-state index is 0.266. The standard InChI is InChI=1S/C47H52O9/c1-34-41(50-29-36-20-10-4-11-21-36)43(52-31-38-24-14-6-15-25-38)44(53-32-39-26-16-7-17-27-39)47(54-34)56-45-42(51-30-37-22-12-5-13-23-37)40(55-46(45)48-2)33-49-28-35-18-8-3-9-19-35/h3-27,34,40-47H,28-33H2,1-2H3/t34-,40+,41-,42+,43+,44+,45+,46+,47-/m0/s1. The highest BCUT2D eigenvalue weighted by Crippen LogP contribution is 2.36. The molecular formula is C47H52O9. The van der Waals surface area contributed by atoms with Gasteiger partial charge < -0.3 is 42.6 Å². The number of rotatable bonds is 19. The second-order valence-corrected chi connectivity index (χ2v) is 14.1. The van der Waals surface area contributed by atoms with Crippen LogP contribution in [0, 0.1) is 0 Å². The Morgan fingerprint density at radius 2 is 0.804 bits per heavy atom. The van der Waals surface area contributed by atoms with Crippen molar-refractivity contribution in [1.82, 2.24) is 0 Å². The van der Waals surface area contributed by atoms with Gasteiger partial charge in [0.05, 0.1) is 45.7 Å². The molecule has 5 aromatic rings. The quantitative estimate of drug-likeness (QED) is 0.0831. The summed E-state index contributed by atoms with van der Waals surface area (Å²) in [4.78, 5) is 0. The third-order valence-electron chi connectivity index (χ3n) is 10.1. The fourth-order valence-corrected chi connectivity index (χ4v) is 7.13.